The Morgan fingerprint density at radius 1 is 1.03 bits per heavy atom. The number of pyridine rings is 2. The molecule has 7 nitrogen and oxygen atoms in total. The number of ether oxygens (including phenoxy) is 2. The molecule has 7 heteroatoms. The van der Waals surface area contributed by atoms with E-state index in [-0.39, 0.29) is 11.5 Å². The molecular weight excluding hydrogens is 430 g/mol. The fraction of sp³-hybridized carbons (Fsp3) is 0.222. The number of aromatic amines is 1. The average molecular weight is 456 g/mol. The normalized spacial score (nSPS) is 15.1. The van der Waals surface area contributed by atoms with Crippen LogP contribution in [0.4, 0.5) is 0 Å². The predicted molar refractivity (Wildman–Crippen MR) is 130 cm³/mol. The molecule has 0 radical (unpaired) electrons. The van der Waals surface area contributed by atoms with Gasteiger partial charge in [0.1, 0.15) is 0 Å². The van der Waals surface area contributed by atoms with Gasteiger partial charge in [0.2, 0.25) is 0 Å². The summed E-state index contributed by atoms with van der Waals surface area (Å²) < 4.78 is 11.1. The molecule has 1 aliphatic heterocycles. The highest BCUT2D eigenvalue weighted by Gasteiger charge is 2.35. The van der Waals surface area contributed by atoms with E-state index in [1.54, 1.807) is 43.6 Å². The quantitative estimate of drug-likeness (QED) is 0.502. The first kappa shape index (κ1) is 21.7. The van der Waals surface area contributed by atoms with Gasteiger partial charge in [0.15, 0.2) is 11.5 Å². The first-order valence-electron chi connectivity index (χ1n) is 11.1. The lowest BCUT2D eigenvalue weighted by atomic mass is 9.87. The molecule has 0 unspecified atom stereocenters. The minimum absolute atomic E-state index is 0.156. The number of para-hydroxylation sites is 1. The summed E-state index contributed by atoms with van der Waals surface area (Å²) >= 11 is 0. The number of aromatic nitrogens is 2. The van der Waals surface area contributed by atoms with Crippen molar-refractivity contribution >= 4 is 16.8 Å². The van der Waals surface area contributed by atoms with Gasteiger partial charge in [-0.1, -0.05) is 18.2 Å². The van der Waals surface area contributed by atoms with Gasteiger partial charge in [-0.05, 0) is 65.8 Å². The van der Waals surface area contributed by atoms with E-state index >= 15 is 0 Å². The zero-order valence-corrected chi connectivity index (χ0v) is 19.3. The van der Waals surface area contributed by atoms with E-state index in [0.717, 1.165) is 27.6 Å². The van der Waals surface area contributed by atoms with Crippen LogP contribution in [0.15, 0.2) is 65.7 Å². The van der Waals surface area contributed by atoms with E-state index in [0.29, 0.717) is 35.6 Å². The number of H-pyrrole nitrogens is 1. The number of nitrogens with zero attached hydrogens (tertiary/aromatic N) is 2. The molecule has 0 fully saturated rings. The molecule has 0 saturated heterocycles. The molecule has 0 spiro atoms. The van der Waals surface area contributed by atoms with Crippen LogP contribution in [0.5, 0.6) is 11.5 Å². The summed E-state index contributed by atoms with van der Waals surface area (Å²) in [4.78, 5) is 35.9. The Balaban J connectivity index is 1.74. The van der Waals surface area contributed by atoms with Crippen molar-refractivity contribution < 1.29 is 14.3 Å². The highest BCUT2D eigenvalue weighted by atomic mass is 16.5. The fourth-order valence-electron chi connectivity index (χ4n) is 4.76. The Morgan fingerprint density at radius 2 is 1.76 bits per heavy atom. The molecule has 172 valence electrons. The molecular formula is C27H25N3O4. The van der Waals surface area contributed by atoms with Crippen molar-refractivity contribution in [2.45, 2.75) is 19.4 Å². The van der Waals surface area contributed by atoms with Gasteiger partial charge in [0, 0.05) is 30.1 Å². The molecule has 1 atom stereocenters. The van der Waals surface area contributed by atoms with Crippen LogP contribution in [0, 0.1) is 6.92 Å². The van der Waals surface area contributed by atoms with Crippen LogP contribution >= 0.6 is 0 Å². The number of nitrogens with one attached hydrogen (secondary N) is 1. The fourth-order valence-corrected chi connectivity index (χ4v) is 4.76. The summed E-state index contributed by atoms with van der Waals surface area (Å²) in [5, 5.41) is 0.915. The molecule has 0 bridgehead atoms. The molecule has 0 saturated carbocycles. The molecule has 1 N–H and O–H groups in total. The summed E-state index contributed by atoms with van der Waals surface area (Å²) in [7, 11) is 3.17. The highest BCUT2D eigenvalue weighted by molar-refractivity contribution is 5.95. The Kier molecular flexibility index (Phi) is 5.53. The van der Waals surface area contributed by atoms with Gasteiger partial charge in [-0.15, -0.1) is 0 Å². The zero-order chi connectivity index (χ0) is 23.8. The Hall–Kier alpha value is -4.13. The summed E-state index contributed by atoms with van der Waals surface area (Å²) in [5.41, 5.74) is 4.47. The van der Waals surface area contributed by atoms with Crippen molar-refractivity contribution in [3.63, 3.8) is 0 Å². The third-order valence-electron chi connectivity index (χ3n) is 6.47. The maximum Gasteiger partial charge on any atom is 0.254 e. The predicted octanol–water partition coefficient (Wildman–Crippen LogP) is 4.04. The Bertz CT molecular complexity index is 1450. The number of aryl methyl sites for hydroxylation is 1. The van der Waals surface area contributed by atoms with E-state index in [4.69, 9.17) is 9.47 Å². The third-order valence-corrected chi connectivity index (χ3v) is 6.47. The maximum atomic E-state index is 13.6. The van der Waals surface area contributed by atoms with Crippen LogP contribution in [0.1, 0.15) is 38.7 Å². The summed E-state index contributed by atoms with van der Waals surface area (Å²) in [5.74, 6) is 1.02. The first-order chi connectivity index (χ1) is 16.5. The number of hydrogen-bond donors (Lipinski definition) is 1. The number of carbonyl (C=O) groups excluding carboxylic acids is 1. The molecule has 1 aliphatic rings. The second-order valence-corrected chi connectivity index (χ2v) is 8.39. The molecule has 1 amide bonds. The smallest absolute Gasteiger partial charge is 0.254 e. The largest absolute Gasteiger partial charge is 0.493 e. The highest BCUT2D eigenvalue weighted by Crippen LogP contribution is 2.41. The monoisotopic (exact) mass is 455 g/mol. The van der Waals surface area contributed by atoms with Gasteiger partial charge < -0.3 is 19.4 Å². The standard InChI is InChI=1S/C27H25N3O4/c1-16-5-4-6-19-13-21(26(31)29-24(16)19)25-20-15-23(34-3)22(33-2)14-18(20)9-12-30(25)27(32)17-7-10-28-11-8-17/h4-8,10-11,13-15,25H,9,12H2,1-3H3,(H,29,31)/t25-/m1/s1. The van der Waals surface area contributed by atoms with E-state index < -0.39 is 6.04 Å². The lowest BCUT2D eigenvalue weighted by Crippen LogP contribution is -2.42. The summed E-state index contributed by atoms with van der Waals surface area (Å²) in [6.07, 6.45) is 3.83. The number of rotatable bonds is 4. The van der Waals surface area contributed by atoms with E-state index in [9.17, 15) is 9.59 Å². The van der Waals surface area contributed by atoms with Gasteiger partial charge in [-0.25, -0.2) is 0 Å². The number of carbonyl (C=O) groups is 1. The van der Waals surface area contributed by atoms with Crippen LogP contribution in [-0.4, -0.2) is 41.5 Å². The average Bonchev–Trinajstić information content (AvgIpc) is 2.87. The lowest BCUT2D eigenvalue weighted by Gasteiger charge is -2.38. The molecule has 34 heavy (non-hydrogen) atoms. The van der Waals surface area contributed by atoms with Crippen molar-refractivity contribution in [1.29, 1.82) is 0 Å². The van der Waals surface area contributed by atoms with E-state index in [1.807, 2.05) is 43.3 Å². The molecule has 3 heterocycles. The number of methoxy groups -OCH3 is 2. The third kappa shape index (κ3) is 3.59. The van der Waals surface area contributed by atoms with Gasteiger partial charge in [0.25, 0.3) is 11.5 Å². The second-order valence-electron chi connectivity index (χ2n) is 8.39. The minimum atomic E-state index is -0.585. The topological polar surface area (TPSA) is 84.5 Å². The number of benzene rings is 2. The molecule has 2 aromatic carbocycles. The first-order valence-corrected chi connectivity index (χ1v) is 11.1. The number of fused-ring (bicyclic) bond motifs is 2. The van der Waals surface area contributed by atoms with Gasteiger partial charge in [0.05, 0.1) is 25.8 Å². The summed E-state index contributed by atoms with van der Waals surface area (Å²) in [6.45, 7) is 2.42. The molecule has 2 aromatic heterocycles. The van der Waals surface area contributed by atoms with E-state index in [1.165, 1.54) is 0 Å². The van der Waals surface area contributed by atoms with Crippen molar-refractivity contribution in [1.82, 2.24) is 14.9 Å². The number of hydrogen-bond acceptors (Lipinski definition) is 5. The lowest BCUT2D eigenvalue weighted by molar-refractivity contribution is 0.0693. The van der Waals surface area contributed by atoms with Gasteiger partial charge >= 0.3 is 0 Å². The SMILES string of the molecule is COc1cc2c(cc1OC)[C@H](c1cc3cccc(C)c3[nH]c1=O)N(C(=O)c1ccncc1)CC2. The maximum absolute atomic E-state index is 13.6. The molecule has 0 aliphatic carbocycles. The van der Waals surface area contributed by atoms with Crippen molar-refractivity contribution in [3.8, 4) is 11.5 Å². The summed E-state index contributed by atoms with van der Waals surface area (Å²) in [6, 6.07) is 14.4. The Labute approximate surface area is 197 Å². The minimum Gasteiger partial charge on any atom is -0.493 e. The molecule has 4 aromatic rings. The van der Waals surface area contributed by atoms with Crippen molar-refractivity contribution in [3.05, 3.63) is 99.1 Å². The molecule has 5 rings (SSSR count). The van der Waals surface area contributed by atoms with Gasteiger partial charge in [-0.3, -0.25) is 14.6 Å². The van der Waals surface area contributed by atoms with Crippen LogP contribution < -0.4 is 15.0 Å². The zero-order valence-electron chi connectivity index (χ0n) is 19.3. The van der Waals surface area contributed by atoms with Gasteiger partial charge in [-0.2, -0.15) is 0 Å². The second kappa shape index (κ2) is 8.67. The van der Waals surface area contributed by atoms with Crippen LogP contribution in [0.3, 0.4) is 0 Å². The van der Waals surface area contributed by atoms with Crippen LogP contribution in [0.25, 0.3) is 10.9 Å². The Morgan fingerprint density at radius 3 is 2.50 bits per heavy atom. The van der Waals surface area contributed by atoms with Crippen molar-refractivity contribution in [2.75, 3.05) is 20.8 Å². The number of amides is 1. The van der Waals surface area contributed by atoms with Crippen molar-refractivity contribution in [2.24, 2.45) is 0 Å². The van der Waals surface area contributed by atoms with E-state index in [2.05, 4.69) is 9.97 Å². The van der Waals surface area contributed by atoms with Crippen LogP contribution in [-0.2, 0) is 6.42 Å². The van der Waals surface area contributed by atoms with Crippen LogP contribution in [0.2, 0.25) is 0 Å².